The lowest BCUT2D eigenvalue weighted by atomic mass is 10.2. The molecule has 0 amide bonds. The number of carbonyl (C=O) groups excluding carboxylic acids is 1. The first kappa shape index (κ1) is 17.4. The lowest BCUT2D eigenvalue weighted by Crippen LogP contribution is -2.34. The molecule has 0 radical (unpaired) electrons. The van der Waals surface area contributed by atoms with Gasteiger partial charge < -0.3 is 4.42 Å². The van der Waals surface area contributed by atoms with E-state index in [4.69, 9.17) is 4.42 Å². The predicted molar refractivity (Wildman–Crippen MR) is 86.8 cm³/mol. The molecule has 0 aliphatic rings. The molecule has 0 unspecified atom stereocenters. The number of ketones is 1. The summed E-state index contributed by atoms with van der Waals surface area (Å²) in [7, 11) is 0.0486. The Morgan fingerprint density at radius 3 is 2.35 bits per heavy atom. The van der Waals surface area contributed by atoms with Crippen LogP contribution in [-0.4, -0.2) is 39.7 Å². The van der Waals surface area contributed by atoms with Crippen molar-refractivity contribution in [1.29, 1.82) is 0 Å². The first-order valence-corrected chi connectivity index (χ1v) is 8.60. The van der Waals surface area contributed by atoms with Crippen molar-refractivity contribution >= 4 is 15.8 Å². The third-order valence-electron chi connectivity index (χ3n) is 3.53. The number of hydrogen-bond acceptors (Lipinski definition) is 5. The number of furan rings is 1. The van der Waals surface area contributed by atoms with Gasteiger partial charge in [0.05, 0.1) is 17.2 Å². The minimum absolute atomic E-state index is 0.104. The zero-order chi connectivity index (χ0) is 17.0. The normalized spacial score (nSPS) is 13.2. The molecule has 0 bridgehead atoms. The molecule has 6 nitrogen and oxygen atoms in total. The Morgan fingerprint density at radius 2 is 1.87 bits per heavy atom. The van der Waals surface area contributed by atoms with E-state index < -0.39 is 10.0 Å². The highest BCUT2D eigenvalue weighted by Crippen LogP contribution is 2.19. The van der Waals surface area contributed by atoms with Crippen molar-refractivity contribution in [2.75, 3.05) is 20.6 Å². The smallest absolute Gasteiger partial charge is 0.240 e. The van der Waals surface area contributed by atoms with E-state index in [1.807, 2.05) is 19.0 Å². The van der Waals surface area contributed by atoms with Crippen LogP contribution in [0.15, 0.2) is 52.0 Å². The average Bonchev–Trinajstić information content (AvgIpc) is 3.01. The van der Waals surface area contributed by atoms with Gasteiger partial charge in [-0.3, -0.25) is 9.69 Å². The van der Waals surface area contributed by atoms with Crippen LogP contribution in [0.1, 0.15) is 29.1 Å². The summed E-state index contributed by atoms with van der Waals surface area (Å²) in [6.07, 6.45) is 1.56. The fourth-order valence-electron chi connectivity index (χ4n) is 2.16. The van der Waals surface area contributed by atoms with Crippen LogP contribution in [0.2, 0.25) is 0 Å². The summed E-state index contributed by atoms with van der Waals surface area (Å²) in [4.78, 5) is 13.2. The molecule has 0 aliphatic carbocycles. The van der Waals surface area contributed by atoms with Crippen molar-refractivity contribution in [2.24, 2.45) is 0 Å². The molecule has 23 heavy (non-hydrogen) atoms. The minimum atomic E-state index is -3.65. The minimum Gasteiger partial charge on any atom is -0.468 e. The van der Waals surface area contributed by atoms with Gasteiger partial charge in [-0.15, -0.1) is 0 Å². The molecule has 0 saturated carbocycles. The van der Waals surface area contributed by atoms with Crippen LogP contribution in [0.25, 0.3) is 0 Å². The maximum absolute atomic E-state index is 12.4. The Kier molecular flexibility index (Phi) is 5.35. The highest BCUT2D eigenvalue weighted by atomic mass is 32.2. The van der Waals surface area contributed by atoms with Gasteiger partial charge in [-0.25, -0.2) is 13.1 Å². The number of nitrogens with one attached hydrogen (secondary N) is 1. The third-order valence-corrected chi connectivity index (χ3v) is 4.97. The van der Waals surface area contributed by atoms with Crippen molar-refractivity contribution in [2.45, 2.75) is 17.9 Å². The average molecular weight is 336 g/mol. The van der Waals surface area contributed by atoms with Crippen molar-refractivity contribution in [3.63, 3.8) is 0 Å². The van der Waals surface area contributed by atoms with Crippen LogP contribution >= 0.6 is 0 Å². The number of hydrogen-bond donors (Lipinski definition) is 1. The Bertz CT molecular complexity index is 750. The molecule has 2 aromatic rings. The van der Waals surface area contributed by atoms with E-state index in [-0.39, 0.29) is 23.3 Å². The van der Waals surface area contributed by atoms with E-state index in [1.165, 1.54) is 31.2 Å². The summed E-state index contributed by atoms with van der Waals surface area (Å²) in [6.45, 7) is 1.62. The van der Waals surface area contributed by atoms with Crippen LogP contribution in [0.3, 0.4) is 0 Å². The topological polar surface area (TPSA) is 79.6 Å². The second kappa shape index (κ2) is 7.08. The van der Waals surface area contributed by atoms with Gasteiger partial charge in [0.2, 0.25) is 10.0 Å². The molecule has 0 spiro atoms. The van der Waals surface area contributed by atoms with Gasteiger partial charge in [-0.1, -0.05) is 12.1 Å². The van der Waals surface area contributed by atoms with Gasteiger partial charge >= 0.3 is 0 Å². The zero-order valence-corrected chi connectivity index (χ0v) is 14.1. The SMILES string of the molecule is CC(=O)c1ccc(S(=O)(=O)NC[C@H](c2ccco2)N(C)C)cc1. The monoisotopic (exact) mass is 336 g/mol. The lowest BCUT2D eigenvalue weighted by Gasteiger charge is -2.22. The van der Waals surface area contributed by atoms with Crippen LogP contribution in [0.4, 0.5) is 0 Å². The highest BCUT2D eigenvalue weighted by molar-refractivity contribution is 7.89. The van der Waals surface area contributed by atoms with E-state index in [0.717, 1.165) is 0 Å². The van der Waals surface area contributed by atoms with Gasteiger partial charge in [0, 0.05) is 12.1 Å². The third kappa shape index (κ3) is 4.28. The number of sulfonamides is 1. The van der Waals surface area contributed by atoms with E-state index in [9.17, 15) is 13.2 Å². The molecule has 1 atom stereocenters. The largest absolute Gasteiger partial charge is 0.468 e. The van der Waals surface area contributed by atoms with Gasteiger partial charge in [0.15, 0.2) is 5.78 Å². The van der Waals surface area contributed by atoms with Gasteiger partial charge in [-0.2, -0.15) is 0 Å². The molecule has 0 fully saturated rings. The summed E-state index contributed by atoms with van der Waals surface area (Å²) in [5.74, 6) is 0.581. The summed E-state index contributed by atoms with van der Waals surface area (Å²) < 4.78 is 32.7. The van der Waals surface area contributed by atoms with Crippen molar-refractivity contribution in [3.8, 4) is 0 Å². The standard InChI is InChI=1S/C16H20N2O4S/c1-12(19)13-6-8-14(9-7-13)23(20,21)17-11-15(18(2)3)16-5-4-10-22-16/h4-10,15,17H,11H2,1-3H3/t15-/m1/s1. The molecule has 0 aliphatic heterocycles. The molecule has 1 aromatic carbocycles. The number of benzene rings is 1. The molecule has 2 rings (SSSR count). The summed E-state index contributed by atoms with van der Waals surface area (Å²) in [5.41, 5.74) is 0.478. The Hall–Kier alpha value is -1.96. The molecule has 0 saturated heterocycles. The Labute approximate surface area is 136 Å². The number of rotatable bonds is 7. The second-order valence-electron chi connectivity index (χ2n) is 5.43. The molecule has 1 N–H and O–H groups in total. The quantitative estimate of drug-likeness (QED) is 0.783. The Balaban J connectivity index is 2.12. The van der Waals surface area contributed by atoms with Gasteiger partial charge in [0.1, 0.15) is 5.76 Å². The van der Waals surface area contributed by atoms with E-state index in [0.29, 0.717) is 11.3 Å². The fraction of sp³-hybridized carbons (Fsp3) is 0.312. The summed E-state index contributed by atoms with van der Waals surface area (Å²) in [6, 6.07) is 9.23. The Morgan fingerprint density at radius 1 is 1.22 bits per heavy atom. The maximum atomic E-state index is 12.4. The van der Waals surface area contributed by atoms with Gasteiger partial charge in [0.25, 0.3) is 0 Å². The number of likely N-dealkylation sites (N-methyl/N-ethyl adjacent to an activating group) is 1. The molecule has 7 heteroatoms. The first-order valence-electron chi connectivity index (χ1n) is 7.12. The fourth-order valence-corrected chi connectivity index (χ4v) is 3.20. The van der Waals surface area contributed by atoms with Crippen LogP contribution < -0.4 is 4.72 Å². The van der Waals surface area contributed by atoms with E-state index >= 15 is 0 Å². The van der Waals surface area contributed by atoms with E-state index in [2.05, 4.69) is 4.72 Å². The van der Waals surface area contributed by atoms with Crippen LogP contribution in [0, 0.1) is 0 Å². The maximum Gasteiger partial charge on any atom is 0.240 e. The van der Waals surface area contributed by atoms with Crippen molar-refractivity contribution in [3.05, 3.63) is 54.0 Å². The number of nitrogens with zero attached hydrogens (tertiary/aromatic N) is 1. The van der Waals surface area contributed by atoms with Crippen LogP contribution in [-0.2, 0) is 10.0 Å². The second-order valence-corrected chi connectivity index (χ2v) is 7.19. The molecular weight excluding hydrogens is 316 g/mol. The zero-order valence-electron chi connectivity index (χ0n) is 13.3. The van der Waals surface area contributed by atoms with Crippen LogP contribution in [0.5, 0.6) is 0 Å². The predicted octanol–water partition coefficient (Wildman–Crippen LogP) is 2.06. The van der Waals surface area contributed by atoms with Crippen molar-refractivity contribution in [1.82, 2.24) is 9.62 Å². The number of carbonyl (C=O) groups is 1. The van der Waals surface area contributed by atoms with E-state index in [1.54, 1.807) is 18.4 Å². The molecule has 1 heterocycles. The summed E-state index contributed by atoms with van der Waals surface area (Å²) in [5, 5.41) is 0. The molecule has 124 valence electrons. The first-order chi connectivity index (χ1) is 10.8. The number of Topliss-reactive ketones (excluding diaryl/α,β-unsaturated/α-hetero) is 1. The highest BCUT2D eigenvalue weighted by Gasteiger charge is 2.21. The summed E-state index contributed by atoms with van der Waals surface area (Å²) >= 11 is 0. The lowest BCUT2D eigenvalue weighted by molar-refractivity contribution is 0.101. The van der Waals surface area contributed by atoms with Gasteiger partial charge in [-0.05, 0) is 45.3 Å². The molecule has 1 aromatic heterocycles. The molecular formula is C16H20N2O4S. The van der Waals surface area contributed by atoms with Crippen molar-refractivity contribution < 1.29 is 17.6 Å².